The molecule has 6 nitrogen and oxygen atoms in total. The fraction of sp³-hybridized carbons (Fsp3) is 0.550. The molecule has 0 aliphatic heterocycles. The number of ether oxygens (including phenoxy) is 1. The average Bonchev–Trinajstić information content (AvgIpc) is 2.54. The van der Waals surface area contributed by atoms with Gasteiger partial charge in [0, 0.05) is 0 Å². The molecule has 1 aromatic rings. The maximum atomic E-state index is 12.6. The monoisotopic (exact) mass is 359 g/mol. The molecule has 26 heavy (non-hydrogen) atoms. The number of hydrogen-bond acceptors (Lipinski definition) is 5. The van der Waals surface area contributed by atoms with E-state index in [1.807, 2.05) is 32.0 Å². The SMILES string of the molecule is CC(C)C(C)(C#N)NC(=O)CN[C@@H](C(=O)OC(C)(C)C)c1ccccc1. The van der Waals surface area contributed by atoms with E-state index in [1.54, 1.807) is 39.8 Å². The van der Waals surface area contributed by atoms with Crippen molar-refractivity contribution in [2.24, 2.45) is 5.92 Å². The van der Waals surface area contributed by atoms with Crippen molar-refractivity contribution in [2.75, 3.05) is 6.54 Å². The van der Waals surface area contributed by atoms with Crippen LogP contribution in [0, 0.1) is 17.2 Å². The lowest BCUT2D eigenvalue weighted by Crippen LogP contribution is -2.52. The van der Waals surface area contributed by atoms with Gasteiger partial charge in [-0.3, -0.25) is 10.1 Å². The molecule has 6 heteroatoms. The third-order valence-corrected chi connectivity index (χ3v) is 4.03. The Balaban J connectivity index is 2.86. The minimum absolute atomic E-state index is 0.0489. The Labute approximate surface area is 155 Å². The number of amides is 1. The van der Waals surface area contributed by atoms with Crippen LogP contribution in [0.4, 0.5) is 0 Å². The van der Waals surface area contributed by atoms with Crippen LogP contribution in [0.2, 0.25) is 0 Å². The van der Waals surface area contributed by atoms with Crippen LogP contribution in [0.25, 0.3) is 0 Å². The van der Waals surface area contributed by atoms with Crippen molar-refractivity contribution >= 4 is 11.9 Å². The van der Waals surface area contributed by atoms with Crippen LogP contribution in [0.5, 0.6) is 0 Å². The van der Waals surface area contributed by atoms with Gasteiger partial charge in [-0.25, -0.2) is 4.79 Å². The van der Waals surface area contributed by atoms with E-state index >= 15 is 0 Å². The summed E-state index contributed by atoms with van der Waals surface area (Å²) in [4.78, 5) is 24.8. The first kappa shape index (κ1) is 21.7. The van der Waals surface area contributed by atoms with Gasteiger partial charge in [-0.1, -0.05) is 44.2 Å². The Morgan fingerprint density at radius 2 is 1.73 bits per heavy atom. The number of hydrogen-bond donors (Lipinski definition) is 2. The number of esters is 1. The van der Waals surface area contributed by atoms with Crippen LogP contribution in [0.1, 0.15) is 53.1 Å². The summed E-state index contributed by atoms with van der Waals surface area (Å²) in [7, 11) is 0. The fourth-order valence-corrected chi connectivity index (χ4v) is 2.17. The molecular formula is C20H29N3O3. The smallest absolute Gasteiger partial charge is 0.328 e. The largest absolute Gasteiger partial charge is 0.459 e. The molecule has 1 amide bonds. The summed E-state index contributed by atoms with van der Waals surface area (Å²) < 4.78 is 5.46. The maximum Gasteiger partial charge on any atom is 0.328 e. The van der Waals surface area contributed by atoms with Crippen LogP contribution in [0.3, 0.4) is 0 Å². The quantitative estimate of drug-likeness (QED) is 0.731. The van der Waals surface area contributed by atoms with Crippen LogP contribution in [-0.4, -0.2) is 29.6 Å². The van der Waals surface area contributed by atoms with Crippen molar-refractivity contribution in [3.05, 3.63) is 35.9 Å². The average molecular weight is 359 g/mol. The van der Waals surface area contributed by atoms with Crippen LogP contribution < -0.4 is 10.6 Å². The molecule has 1 aromatic carbocycles. The molecule has 0 heterocycles. The van der Waals surface area contributed by atoms with Gasteiger partial charge in [-0.05, 0) is 39.2 Å². The zero-order valence-electron chi connectivity index (χ0n) is 16.4. The van der Waals surface area contributed by atoms with Crippen molar-refractivity contribution in [2.45, 2.75) is 58.7 Å². The third-order valence-electron chi connectivity index (χ3n) is 4.03. The maximum absolute atomic E-state index is 12.6. The highest BCUT2D eigenvalue weighted by Gasteiger charge is 2.31. The summed E-state index contributed by atoms with van der Waals surface area (Å²) in [6, 6.07) is 10.4. The normalized spacial score (nSPS) is 14.8. The first-order valence-corrected chi connectivity index (χ1v) is 8.72. The van der Waals surface area contributed by atoms with Gasteiger partial charge in [0.1, 0.15) is 17.2 Å². The number of benzene rings is 1. The van der Waals surface area contributed by atoms with E-state index in [9.17, 15) is 14.9 Å². The molecule has 0 aliphatic rings. The second kappa shape index (κ2) is 8.81. The van der Waals surface area contributed by atoms with Gasteiger partial charge in [0.05, 0.1) is 12.6 Å². The van der Waals surface area contributed by atoms with E-state index in [4.69, 9.17) is 4.74 Å². The van der Waals surface area contributed by atoms with Crippen LogP contribution in [0.15, 0.2) is 30.3 Å². The molecule has 1 rings (SSSR count). The molecule has 2 atom stereocenters. The first-order chi connectivity index (χ1) is 12.0. The fourth-order valence-electron chi connectivity index (χ4n) is 2.17. The van der Waals surface area contributed by atoms with Gasteiger partial charge >= 0.3 is 5.97 Å². The van der Waals surface area contributed by atoms with E-state index < -0.39 is 23.2 Å². The van der Waals surface area contributed by atoms with E-state index in [1.165, 1.54) is 0 Å². The highest BCUT2D eigenvalue weighted by molar-refractivity contribution is 5.82. The predicted molar refractivity (Wildman–Crippen MR) is 100 cm³/mol. The van der Waals surface area contributed by atoms with E-state index in [0.29, 0.717) is 5.56 Å². The van der Waals surface area contributed by atoms with Gasteiger partial charge in [0.2, 0.25) is 5.91 Å². The molecule has 0 spiro atoms. The molecule has 0 radical (unpaired) electrons. The predicted octanol–water partition coefficient (Wildman–Crippen LogP) is 2.71. The number of nitrogens with zero attached hydrogens (tertiary/aromatic N) is 1. The minimum Gasteiger partial charge on any atom is -0.459 e. The molecule has 0 fully saturated rings. The minimum atomic E-state index is -0.965. The van der Waals surface area contributed by atoms with Crippen LogP contribution >= 0.6 is 0 Å². The Kier molecular flexibility index (Phi) is 7.34. The van der Waals surface area contributed by atoms with Crippen molar-refractivity contribution in [1.82, 2.24) is 10.6 Å². The Bertz CT molecular complexity index is 659. The lowest BCUT2D eigenvalue weighted by Gasteiger charge is -2.28. The zero-order valence-corrected chi connectivity index (χ0v) is 16.4. The molecule has 0 aromatic heterocycles. The molecule has 142 valence electrons. The Morgan fingerprint density at radius 1 is 1.15 bits per heavy atom. The molecule has 0 bridgehead atoms. The zero-order chi connectivity index (χ0) is 20.0. The summed E-state index contributed by atoms with van der Waals surface area (Å²) in [6.45, 7) is 10.7. The second-order valence-electron chi connectivity index (χ2n) is 7.78. The molecule has 0 saturated heterocycles. The third kappa shape index (κ3) is 6.49. The van der Waals surface area contributed by atoms with Gasteiger partial charge in [-0.15, -0.1) is 0 Å². The van der Waals surface area contributed by atoms with Crippen molar-refractivity contribution < 1.29 is 14.3 Å². The molecule has 0 aliphatic carbocycles. The van der Waals surface area contributed by atoms with Crippen LogP contribution in [-0.2, 0) is 14.3 Å². The highest BCUT2D eigenvalue weighted by atomic mass is 16.6. The van der Waals surface area contributed by atoms with Gasteiger partial charge < -0.3 is 10.1 Å². The highest BCUT2D eigenvalue weighted by Crippen LogP contribution is 2.19. The summed E-state index contributed by atoms with van der Waals surface area (Å²) >= 11 is 0. The number of carbonyl (C=O) groups excluding carboxylic acids is 2. The van der Waals surface area contributed by atoms with E-state index in [0.717, 1.165) is 0 Å². The van der Waals surface area contributed by atoms with E-state index in [2.05, 4.69) is 16.7 Å². The summed E-state index contributed by atoms with van der Waals surface area (Å²) in [6.07, 6.45) is 0. The Hall–Kier alpha value is -2.39. The summed E-state index contributed by atoms with van der Waals surface area (Å²) in [5.74, 6) is -0.858. The molecular weight excluding hydrogens is 330 g/mol. The standard InChI is InChI=1S/C20H29N3O3/c1-14(2)20(6,13-21)23-16(24)12-22-17(15-10-8-7-9-11-15)18(25)26-19(3,4)5/h7-11,14,17,22H,12H2,1-6H3,(H,23,24)/t17-,20?/m1/s1. The van der Waals surface area contributed by atoms with Crippen molar-refractivity contribution in [3.63, 3.8) is 0 Å². The Morgan fingerprint density at radius 3 is 2.19 bits per heavy atom. The second-order valence-corrected chi connectivity index (χ2v) is 7.78. The van der Waals surface area contributed by atoms with Crippen molar-refractivity contribution in [1.29, 1.82) is 5.26 Å². The summed E-state index contributed by atoms with van der Waals surface area (Å²) in [5, 5.41) is 15.0. The van der Waals surface area contributed by atoms with Gasteiger partial charge in [-0.2, -0.15) is 5.26 Å². The van der Waals surface area contributed by atoms with Crippen molar-refractivity contribution in [3.8, 4) is 6.07 Å². The lowest BCUT2D eigenvalue weighted by molar-refractivity contribution is -0.157. The van der Waals surface area contributed by atoms with Gasteiger partial charge in [0.15, 0.2) is 0 Å². The molecule has 1 unspecified atom stereocenters. The number of nitriles is 1. The topological polar surface area (TPSA) is 91.2 Å². The summed E-state index contributed by atoms with van der Waals surface area (Å²) in [5.41, 5.74) is -0.890. The molecule has 2 N–H and O–H groups in total. The molecule has 0 saturated carbocycles. The number of nitrogens with one attached hydrogen (secondary N) is 2. The first-order valence-electron chi connectivity index (χ1n) is 8.72. The lowest BCUT2D eigenvalue weighted by atomic mass is 9.90. The number of carbonyl (C=O) groups is 2. The van der Waals surface area contributed by atoms with E-state index in [-0.39, 0.29) is 18.4 Å². The van der Waals surface area contributed by atoms with Gasteiger partial charge in [0.25, 0.3) is 0 Å². The number of rotatable bonds is 7.